The average Bonchev–Trinajstić information content (AvgIpc) is 3.25. The summed E-state index contributed by atoms with van der Waals surface area (Å²) >= 11 is 0. The van der Waals surface area contributed by atoms with Gasteiger partial charge in [0.1, 0.15) is 11.5 Å². The van der Waals surface area contributed by atoms with Crippen molar-refractivity contribution in [1.82, 2.24) is 9.78 Å². The van der Waals surface area contributed by atoms with Gasteiger partial charge in [-0.25, -0.2) is 4.68 Å². The number of nitrogens with zero attached hydrogens (tertiary/aromatic N) is 3. The molecule has 4 rings (SSSR count). The molecule has 31 heavy (non-hydrogen) atoms. The van der Waals surface area contributed by atoms with Gasteiger partial charge in [0.2, 0.25) is 5.91 Å². The van der Waals surface area contributed by atoms with Gasteiger partial charge in [0.25, 0.3) is 0 Å². The number of hydrogen-bond donors (Lipinski definition) is 1. The van der Waals surface area contributed by atoms with Crippen LogP contribution in [0.3, 0.4) is 0 Å². The second-order valence-electron chi connectivity index (χ2n) is 7.07. The Morgan fingerprint density at radius 2 is 1.81 bits per heavy atom. The molecule has 6 heteroatoms. The van der Waals surface area contributed by atoms with E-state index in [0.29, 0.717) is 17.1 Å². The first-order valence-corrected chi connectivity index (χ1v) is 9.78. The third kappa shape index (κ3) is 4.98. The molecule has 0 aliphatic heterocycles. The van der Waals surface area contributed by atoms with E-state index in [1.165, 1.54) is 0 Å². The quantitative estimate of drug-likeness (QED) is 0.485. The molecule has 1 aromatic heterocycles. The van der Waals surface area contributed by atoms with Crippen LogP contribution in [0.15, 0.2) is 85.2 Å². The number of nitriles is 1. The molecule has 3 aromatic carbocycles. The van der Waals surface area contributed by atoms with Crippen LogP contribution in [0.1, 0.15) is 16.7 Å². The summed E-state index contributed by atoms with van der Waals surface area (Å²) in [6.07, 6.45) is 3.79. The highest BCUT2D eigenvalue weighted by Gasteiger charge is 2.10. The highest BCUT2D eigenvalue weighted by molar-refractivity contribution is 5.93. The van der Waals surface area contributed by atoms with E-state index in [9.17, 15) is 4.79 Å². The van der Waals surface area contributed by atoms with Crippen LogP contribution in [0.5, 0.6) is 11.5 Å². The molecule has 0 aliphatic carbocycles. The van der Waals surface area contributed by atoms with Crippen LogP contribution >= 0.6 is 0 Å². The number of nitrogens with one attached hydrogen (secondary N) is 1. The number of benzene rings is 3. The number of aromatic nitrogens is 2. The van der Waals surface area contributed by atoms with Crippen molar-refractivity contribution in [1.29, 1.82) is 5.26 Å². The molecule has 1 heterocycles. The summed E-state index contributed by atoms with van der Waals surface area (Å²) in [5.41, 5.74) is 3.98. The molecule has 0 saturated carbocycles. The van der Waals surface area contributed by atoms with E-state index in [4.69, 9.17) is 10.00 Å². The van der Waals surface area contributed by atoms with E-state index < -0.39 is 0 Å². The van der Waals surface area contributed by atoms with Gasteiger partial charge < -0.3 is 10.1 Å². The minimum atomic E-state index is -0.114. The van der Waals surface area contributed by atoms with Crippen LogP contribution in [-0.4, -0.2) is 15.7 Å². The predicted octanol–water partition coefficient (Wildman–Crippen LogP) is 5.03. The van der Waals surface area contributed by atoms with Crippen molar-refractivity contribution in [2.75, 3.05) is 5.32 Å². The maximum atomic E-state index is 12.5. The van der Waals surface area contributed by atoms with Gasteiger partial charge in [-0.2, -0.15) is 10.4 Å². The Bertz CT molecular complexity index is 1240. The highest BCUT2D eigenvalue weighted by Crippen LogP contribution is 2.26. The summed E-state index contributed by atoms with van der Waals surface area (Å²) in [4.78, 5) is 12.5. The van der Waals surface area contributed by atoms with Crippen molar-refractivity contribution < 1.29 is 9.53 Å². The summed E-state index contributed by atoms with van der Waals surface area (Å²) in [7, 11) is 0. The van der Waals surface area contributed by atoms with Gasteiger partial charge in [-0.15, -0.1) is 0 Å². The van der Waals surface area contributed by atoms with E-state index in [1.54, 1.807) is 41.2 Å². The zero-order valence-corrected chi connectivity index (χ0v) is 16.9. The highest BCUT2D eigenvalue weighted by atomic mass is 16.5. The standard InChI is InChI=1S/C25H20N4O2/c1-18-13-23(31-22-9-7-19(15-26)8-10-22)11-12-24(18)28-25(30)14-20-16-27-29(17-20)21-5-3-2-4-6-21/h2-13,16-17H,14H2,1H3,(H,28,30). The summed E-state index contributed by atoms with van der Waals surface area (Å²) in [6, 6.07) is 24.2. The fraction of sp³-hybridized carbons (Fsp3) is 0.0800. The van der Waals surface area contributed by atoms with Gasteiger partial charge in [0, 0.05) is 11.9 Å². The van der Waals surface area contributed by atoms with Crippen LogP contribution in [0, 0.1) is 18.3 Å². The molecule has 6 nitrogen and oxygen atoms in total. The monoisotopic (exact) mass is 408 g/mol. The van der Waals surface area contributed by atoms with Gasteiger partial charge >= 0.3 is 0 Å². The second kappa shape index (κ2) is 8.97. The Labute approximate surface area is 180 Å². The number of carbonyl (C=O) groups excluding carboxylic acids is 1. The van der Waals surface area contributed by atoms with Gasteiger partial charge in [-0.05, 0) is 72.6 Å². The minimum absolute atomic E-state index is 0.114. The largest absolute Gasteiger partial charge is 0.457 e. The molecule has 0 fully saturated rings. The summed E-state index contributed by atoms with van der Waals surface area (Å²) in [5.74, 6) is 1.19. The maximum absolute atomic E-state index is 12.5. The summed E-state index contributed by atoms with van der Waals surface area (Å²) in [5, 5.41) is 16.1. The number of amides is 1. The number of aryl methyl sites for hydroxylation is 1. The molecule has 4 aromatic rings. The molecule has 0 spiro atoms. The van der Waals surface area contributed by atoms with E-state index in [0.717, 1.165) is 22.5 Å². The normalized spacial score (nSPS) is 10.3. The molecule has 1 N–H and O–H groups in total. The fourth-order valence-corrected chi connectivity index (χ4v) is 3.13. The number of ether oxygens (including phenoxy) is 1. The van der Waals surface area contributed by atoms with Crippen LogP contribution in [0.25, 0.3) is 5.69 Å². The Kier molecular flexibility index (Phi) is 5.77. The lowest BCUT2D eigenvalue weighted by Crippen LogP contribution is -2.14. The van der Waals surface area contributed by atoms with Crippen LogP contribution < -0.4 is 10.1 Å². The first-order chi connectivity index (χ1) is 15.1. The van der Waals surface area contributed by atoms with Crippen molar-refractivity contribution in [3.8, 4) is 23.3 Å². The Morgan fingerprint density at radius 3 is 2.52 bits per heavy atom. The topological polar surface area (TPSA) is 79.9 Å². The van der Waals surface area contributed by atoms with Crippen molar-refractivity contribution in [3.63, 3.8) is 0 Å². The summed E-state index contributed by atoms with van der Waals surface area (Å²) in [6.45, 7) is 1.91. The molecule has 0 unspecified atom stereocenters. The lowest BCUT2D eigenvalue weighted by atomic mass is 10.1. The molecule has 152 valence electrons. The Balaban J connectivity index is 1.38. The molecule has 1 amide bonds. The molecule has 0 aliphatic rings. The molecule has 0 atom stereocenters. The zero-order valence-electron chi connectivity index (χ0n) is 16.9. The molecule has 0 bridgehead atoms. The predicted molar refractivity (Wildman–Crippen MR) is 118 cm³/mol. The molecule has 0 saturated heterocycles. The Hall–Kier alpha value is -4.37. The lowest BCUT2D eigenvalue weighted by Gasteiger charge is -2.11. The van der Waals surface area contributed by atoms with Crippen molar-refractivity contribution >= 4 is 11.6 Å². The third-order valence-corrected chi connectivity index (χ3v) is 4.71. The minimum Gasteiger partial charge on any atom is -0.457 e. The number of para-hydroxylation sites is 1. The van der Waals surface area contributed by atoms with Gasteiger partial charge in [0.15, 0.2) is 0 Å². The first kappa shape index (κ1) is 19.9. The maximum Gasteiger partial charge on any atom is 0.228 e. The van der Waals surface area contributed by atoms with Gasteiger partial charge in [-0.1, -0.05) is 18.2 Å². The second-order valence-corrected chi connectivity index (χ2v) is 7.07. The van der Waals surface area contributed by atoms with Crippen molar-refractivity contribution in [2.45, 2.75) is 13.3 Å². The lowest BCUT2D eigenvalue weighted by molar-refractivity contribution is -0.115. The van der Waals surface area contributed by atoms with Crippen molar-refractivity contribution in [3.05, 3.63) is 102 Å². The smallest absolute Gasteiger partial charge is 0.228 e. The van der Waals surface area contributed by atoms with Crippen molar-refractivity contribution in [2.24, 2.45) is 0 Å². The zero-order chi connectivity index (χ0) is 21.6. The molecular formula is C25H20N4O2. The van der Waals surface area contributed by atoms with Gasteiger partial charge in [-0.3, -0.25) is 4.79 Å². The number of rotatable bonds is 6. The number of hydrogen-bond acceptors (Lipinski definition) is 4. The van der Waals surface area contributed by atoms with E-state index >= 15 is 0 Å². The molecule has 0 radical (unpaired) electrons. The number of carbonyl (C=O) groups is 1. The first-order valence-electron chi connectivity index (χ1n) is 9.78. The number of anilines is 1. The van der Waals surface area contributed by atoms with E-state index in [1.807, 2.05) is 55.6 Å². The average molecular weight is 408 g/mol. The van der Waals surface area contributed by atoms with Crippen LogP contribution in [-0.2, 0) is 11.2 Å². The fourth-order valence-electron chi connectivity index (χ4n) is 3.13. The molecular weight excluding hydrogens is 388 g/mol. The van der Waals surface area contributed by atoms with Crippen LogP contribution in [0.2, 0.25) is 0 Å². The van der Waals surface area contributed by atoms with E-state index in [-0.39, 0.29) is 12.3 Å². The Morgan fingerprint density at radius 1 is 1.06 bits per heavy atom. The SMILES string of the molecule is Cc1cc(Oc2ccc(C#N)cc2)ccc1NC(=O)Cc1cnn(-c2ccccc2)c1. The summed E-state index contributed by atoms with van der Waals surface area (Å²) < 4.78 is 7.58. The third-order valence-electron chi connectivity index (χ3n) is 4.71. The van der Waals surface area contributed by atoms with Crippen LogP contribution in [0.4, 0.5) is 5.69 Å². The van der Waals surface area contributed by atoms with Gasteiger partial charge in [0.05, 0.1) is 29.9 Å². The van der Waals surface area contributed by atoms with E-state index in [2.05, 4.69) is 16.5 Å².